The lowest BCUT2D eigenvalue weighted by Crippen LogP contribution is -2.50. The molecule has 3 rings (SSSR count). The highest BCUT2D eigenvalue weighted by Gasteiger charge is 2.50. The number of ether oxygens (including phenoxy) is 2. The van der Waals surface area contributed by atoms with Crippen LogP contribution in [0.25, 0.3) is 0 Å². The van der Waals surface area contributed by atoms with Crippen LogP contribution in [0.5, 0.6) is 5.75 Å². The number of benzene rings is 2. The van der Waals surface area contributed by atoms with E-state index in [9.17, 15) is 19.2 Å². The van der Waals surface area contributed by atoms with E-state index in [2.05, 4.69) is 16.0 Å². The van der Waals surface area contributed by atoms with Gasteiger partial charge in [-0.15, -0.1) is 0 Å². The fourth-order valence-corrected chi connectivity index (χ4v) is 4.89. The summed E-state index contributed by atoms with van der Waals surface area (Å²) in [7, 11) is 1.56. The molecule has 0 aromatic heterocycles. The molecule has 0 saturated carbocycles. The zero-order chi connectivity index (χ0) is 30.9. The fourth-order valence-electron chi connectivity index (χ4n) is 4.89. The first-order valence-corrected chi connectivity index (χ1v) is 14.7. The third kappa shape index (κ3) is 9.98. The van der Waals surface area contributed by atoms with Crippen LogP contribution in [-0.4, -0.2) is 54.9 Å². The standard InChI is InChI=1S/C33H45N3O6/c1-21(2)16-27(36-32(40)34-25-12-14-26(41-6)15-13-25)29(37)19-24(18-23-10-8-7-9-11-23)31(39)35-28(17-22(3)4)30(38)33(5)20-42-33/h7-15,21-22,24,27-28H,16-20H2,1-6H3,(H,35,39)(H2,34,36,40)/t24-,27+,28+,33-/m1/s1. The van der Waals surface area contributed by atoms with Gasteiger partial charge in [0, 0.05) is 18.0 Å². The lowest BCUT2D eigenvalue weighted by atomic mass is 9.88. The molecule has 9 nitrogen and oxygen atoms in total. The van der Waals surface area contributed by atoms with Gasteiger partial charge >= 0.3 is 6.03 Å². The molecule has 3 amide bonds. The minimum Gasteiger partial charge on any atom is -0.497 e. The predicted octanol–water partition coefficient (Wildman–Crippen LogP) is 4.94. The summed E-state index contributed by atoms with van der Waals surface area (Å²) in [6.45, 7) is 10.0. The summed E-state index contributed by atoms with van der Waals surface area (Å²) in [6.07, 6.45) is 1.12. The average Bonchev–Trinajstić information content (AvgIpc) is 3.70. The Morgan fingerprint density at radius 2 is 1.48 bits per heavy atom. The van der Waals surface area contributed by atoms with Crippen LogP contribution in [0.3, 0.4) is 0 Å². The molecule has 1 aliphatic rings. The van der Waals surface area contributed by atoms with Crippen molar-refractivity contribution < 1.29 is 28.7 Å². The normalized spacial score (nSPS) is 18.1. The molecule has 9 heteroatoms. The van der Waals surface area contributed by atoms with Crippen molar-refractivity contribution in [2.45, 2.75) is 78.0 Å². The third-order valence-electron chi connectivity index (χ3n) is 7.33. The van der Waals surface area contributed by atoms with E-state index in [-0.39, 0.29) is 35.7 Å². The second kappa shape index (κ2) is 15.0. The summed E-state index contributed by atoms with van der Waals surface area (Å²) in [6, 6.07) is 14.3. The van der Waals surface area contributed by atoms with Gasteiger partial charge in [-0.25, -0.2) is 4.79 Å². The minimum atomic E-state index is -0.874. The van der Waals surface area contributed by atoms with E-state index in [0.29, 0.717) is 37.3 Å². The van der Waals surface area contributed by atoms with Crippen LogP contribution in [-0.2, 0) is 25.5 Å². The SMILES string of the molecule is COc1ccc(NC(=O)N[C@@H](CC(C)C)C(=O)C[C@@H](Cc2ccccc2)C(=O)N[C@@H](CC(C)C)C(=O)[C@@]2(C)CO2)cc1. The monoisotopic (exact) mass is 579 g/mol. The molecule has 1 fully saturated rings. The van der Waals surface area contributed by atoms with Crippen LogP contribution in [0.2, 0.25) is 0 Å². The lowest BCUT2D eigenvalue weighted by molar-refractivity contribution is -0.134. The average molecular weight is 580 g/mol. The van der Waals surface area contributed by atoms with E-state index >= 15 is 0 Å². The van der Waals surface area contributed by atoms with Gasteiger partial charge in [0.05, 0.1) is 25.8 Å². The third-order valence-corrected chi connectivity index (χ3v) is 7.33. The van der Waals surface area contributed by atoms with Gasteiger partial charge in [-0.05, 0) is 67.9 Å². The van der Waals surface area contributed by atoms with Crippen molar-refractivity contribution in [1.29, 1.82) is 0 Å². The van der Waals surface area contributed by atoms with Crippen molar-refractivity contribution in [1.82, 2.24) is 10.6 Å². The number of nitrogens with one attached hydrogen (secondary N) is 3. The number of hydrogen-bond acceptors (Lipinski definition) is 6. The molecule has 2 aromatic carbocycles. The summed E-state index contributed by atoms with van der Waals surface area (Å²) in [5, 5.41) is 8.52. The number of urea groups is 1. The molecule has 1 saturated heterocycles. The Hall–Kier alpha value is -3.72. The first-order chi connectivity index (χ1) is 19.9. The van der Waals surface area contributed by atoms with Gasteiger partial charge in [-0.2, -0.15) is 0 Å². The molecule has 228 valence electrons. The first-order valence-electron chi connectivity index (χ1n) is 14.7. The van der Waals surface area contributed by atoms with E-state index in [0.717, 1.165) is 5.56 Å². The summed E-state index contributed by atoms with van der Waals surface area (Å²) in [5.74, 6) is -0.531. The zero-order valence-electron chi connectivity index (χ0n) is 25.6. The molecule has 1 aliphatic heterocycles. The number of hydrogen-bond donors (Lipinski definition) is 3. The Balaban J connectivity index is 1.76. The topological polar surface area (TPSA) is 126 Å². The number of Topliss-reactive ketones (excluding diaryl/α,β-unsaturated/α-hetero) is 2. The van der Waals surface area contributed by atoms with Crippen LogP contribution >= 0.6 is 0 Å². The molecular weight excluding hydrogens is 534 g/mol. The molecule has 0 radical (unpaired) electrons. The quantitative estimate of drug-likeness (QED) is 0.242. The Bertz CT molecular complexity index is 1210. The van der Waals surface area contributed by atoms with E-state index in [1.807, 2.05) is 58.0 Å². The predicted molar refractivity (Wildman–Crippen MR) is 162 cm³/mol. The number of carbonyl (C=O) groups excluding carboxylic acids is 4. The second-order valence-corrected chi connectivity index (χ2v) is 12.1. The molecule has 2 aromatic rings. The van der Waals surface area contributed by atoms with Gasteiger partial charge in [-0.1, -0.05) is 58.0 Å². The van der Waals surface area contributed by atoms with Gasteiger partial charge in [-0.3, -0.25) is 14.4 Å². The molecule has 1 heterocycles. The Labute approximate surface area is 249 Å². The number of anilines is 1. The van der Waals surface area contributed by atoms with E-state index in [4.69, 9.17) is 9.47 Å². The number of epoxide rings is 1. The molecule has 0 aliphatic carbocycles. The van der Waals surface area contributed by atoms with E-state index < -0.39 is 29.6 Å². The van der Waals surface area contributed by atoms with Crippen molar-refractivity contribution in [3.63, 3.8) is 0 Å². The van der Waals surface area contributed by atoms with Crippen LogP contribution in [0.15, 0.2) is 54.6 Å². The zero-order valence-corrected chi connectivity index (χ0v) is 25.6. The summed E-state index contributed by atoms with van der Waals surface area (Å²) in [4.78, 5) is 53.4. The number of amides is 3. The highest BCUT2D eigenvalue weighted by molar-refractivity contribution is 5.98. The van der Waals surface area contributed by atoms with Gasteiger partial charge in [0.2, 0.25) is 5.91 Å². The maximum atomic E-state index is 13.7. The van der Waals surface area contributed by atoms with E-state index in [1.54, 1.807) is 38.3 Å². The van der Waals surface area contributed by atoms with Gasteiger partial charge < -0.3 is 25.4 Å². The van der Waals surface area contributed by atoms with Crippen LogP contribution in [0.1, 0.15) is 59.4 Å². The van der Waals surface area contributed by atoms with Crippen LogP contribution < -0.4 is 20.7 Å². The number of rotatable bonds is 16. The van der Waals surface area contributed by atoms with Crippen molar-refractivity contribution in [3.8, 4) is 5.75 Å². The van der Waals surface area contributed by atoms with Crippen molar-refractivity contribution >= 4 is 29.2 Å². The van der Waals surface area contributed by atoms with Gasteiger partial charge in [0.1, 0.15) is 11.4 Å². The van der Waals surface area contributed by atoms with E-state index in [1.165, 1.54) is 0 Å². The number of methoxy groups -OCH3 is 1. The summed E-state index contributed by atoms with van der Waals surface area (Å²) >= 11 is 0. The Morgan fingerprint density at radius 1 is 0.881 bits per heavy atom. The van der Waals surface area contributed by atoms with Crippen LogP contribution in [0.4, 0.5) is 10.5 Å². The molecule has 3 N–H and O–H groups in total. The maximum absolute atomic E-state index is 13.7. The maximum Gasteiger partial charge on any atom is 0.319 e. The van der Waals surface area contributed by atoms with Gasteiger partial charge in [0.15, 0.2) is 11.6 Å². The molecule has 0 bridgehead atoms. The van der Waals surface area contributed by atoms with Crippen molar-refractivity contribution in [3.05, 3.63) is 60.2 Å². The smallest absolute Gasteiger partial charge is 0.319 e. The number of carbonyl (C=O) groups is 4. The minimum absolute atomic E-state index is 0.0860. The molecule has 0 spiro atoms. The molecule has 42 heavy (non-hydrogen) atoms. The first kappa shape index (κ1) is 32.8. The van der Waals surface area contributed by atoms with Crippen LogP contribution in [0, 0.1) is 17.8 Å². The molecule has 4 atom stereocenters. The highest BCUT2D eigenvalue weighted by atomic mass is 16.6. The number of ketones is 2. The Morgan fingerprint density at radius 3 is 2.02 bits per heavy atom. The van der Waals surface area contributed by atoms with Crippen molar-refractivity contribution in [2.24, 2.45) is 17.8 Å². The largest absolute Gasteiger partial charge is 0.497 e. The Kier molecular flexibility index (Phi) is 11.7. The lowest BCUT2D eigenvalue weighted by Gasteiger charge is -2.26. The summed E-state index contributed by atoms with van der Waals surface area (Å²) < 4.78 is 10.5. The summed E-state index contributed by atoms with van der Waals surface area (Å²) in [5.41, 5.74) is 0.584. The second-order valence-electron chi connectivity index (χ2n) is 12.1. The molecular formula is C33H45N3O6. The fraction of sp³-hybridized carbons (Fsp3) is 0.515. The molecule has 0 unspecified atom stereocenters. The van der Waals surface area contributed by atoms with Crippen molar-refractivity contribution in [2.75, 3.05) is 19.0 Å². The van der Waals surface area contributed by atoms with Gasteiger partial charge in [0.25, 0.3) is 0 Å². The highest BCUT2D eigenvalue weighted by Crippen LogP contribution is 2.30.